The second-order valence-corrected chi connectivity index (χ2v) is 4.26. The van der Waals surface area contributed by atoms with Crippen molar-refractivity contribution in [1.29, 1.82) is 0 Å². The zero-order valence-corrected chi connectivity index (χ0v) is 9.73. The van der Waals surface area contributed by atoms with Gasteiger partial charge in [-0.1, -0.05) is 12.1 Å². The lowest BCUT2D eigenvalue weighted by atomic mass is 10.1. The number of fused-ring (bicyclic) bond motifs is 3. The summed E-state index contributed by atoms with van der Waals surface area (Å²) in [6, 6.07) is 9.60. The van der Waals surface area contributed by atoms with Gasteiger partial charge in [0.1, 0.15) is 11.3 Å². The van der Waals surface area contributed by atoms with Gasteiger partial charge in [-0.3, -0.25) is 4.98 Å². The Balaban J connectivity index is 2.55. The first kappa shape index (κ1) is 10.0. The molecule has 0 bridgehead atoms. The van der Waals surface area contributed by atoms with Crippen molar-refractivity contribution in [3.05, 3.63) is 41.7 Å². The molecule has 0 aliphatic rings. The lowest BCUT2D eigenvalue weighted by molar-refractivity contribution is 0.481. The van der Waals surface area contributed by atoms with E-state index >= 15 is 0 Å². The molecule has 17 heavy (non-hydrogen) atoms. The lowest BCUT2D eigenvalue weighted by Crippen LogP contribution is -1.88. The van der Waals surface area contributed by atoms with Crippen molar-refractivity contribution in [3.8, 4) is 5.75 Å². The molecule has 2 aromatic heterocycles. The van der Waals surface area contributed by atoms with Gasteiger partial charge in [0.25, 0.3) is 0 Å². The number of hydrogen-bond acceptors (Lipinski definition) is 3. The van der Waals surface area contributed by atoms with Crippen LogP contribution in [0.15, 0.2) is 30.3 Å². The summed E-state index contributed by atoms with van der Waals surface area (Å²) in [5.41, 5.74) is 3.28. The molecule has 0 atom stereocenters. The molecule has 0 aliphatic heterocycles. The van der Waals surface area contributed by atoms with Crippen LogP contribution in [-0.4, -0.2) is 15.1 Å². The molecule has 1 N–H and O–H groups in total. The molecule has 0 fully saturated rings. The first-order valence-electron chi connectivity index (χ1n) is 5.52. The van der Waals surface area contributed by atoms with Crippen molar-refractivity contribution in [2.45, 2.75) is 13.8 Å². The molecule has 0 saturated heterocycles. The van der Waals surface area contributed by atoms with E-state index in [0.717, 1.165) is 27.7 Å². The molecule has 3 aromatic rings. The van der Waals surface area contributed by atoms with Gasteiger partial charge in [0.2, 0.25) is 0 Å². The van der Waals surface area contributed by atoms with Crippen LogP contribution in [0, 0.1) is 13.8 Å². The molecule has 0 spiro atoms. The molecule has 2 heterocycles. The minimum absolute atomic E-state index is 0.189. The van der Waals surface area contributed by atoms with Crippen LogP contribution in [0.3, 0.4) is 0 Å². The molecule has 3 heteroatoms. The van der Waals surface area contributed by atoms with E-state index in [1.165, 1.54) is 0 Å². The van der Waals surface area contributed by atoms with Crippen molar-refractivity contribution in [3.63, 3.8) is 0 Å². The third kappa shape index (κ3) is 1.51. The number of nitrogens with zero attached hydrogens (tertiary/aromatic N) is 2. The third-order valence-corrected chi connectivity index (χ3v) is 2.90. The summed E-state index contributed by atoms with van der Waals surface area (Å²) in [5, 5.41) is 11.9. The number of aromatic hydroxyl groups is 1. The van der Waals surface area contributed by atoms with Crippen molar-refractivity contribution >= 4 is 21.8 Å². The zero-order valence-electron chi connectivity index (χ0n) is 9.73. The fourth-order valence-electron chi connectivity index (χ4n) is 2.08. The minimum atomic E-state index is 0.189. The van der Waals surface area contributed by atoms with Crippen molar-refractivity contribution < 1.29 is 5.11 Å². The normalized spacial score (nSPS) is 11.2. The Morgan fingerprint density at radius 3 is 2.29 bits per heavy atom. The van der Waals surface area contributed by atoms with Crippen LogP contribution in [0.4, 0.5) is 0 Å². The fourth-order valence-corrected chi connectivity index (χ4v) is 2.08. The van der Waals surface area contributed by atoms with Crippen LogP contribution >= 0.6 is 0 Å². The first-order chi connectivity index (χ1) is 8.15. The van der Waals surface area contributed by atoms with Crippen molar-refractivity contribution in [2.24, 2.45) is 0 Å². The highest BCUT2D eigenvalue weighted by atomic mass is 16.3. The number of pyridine rings is 2. The first-order valence-corrected chi connectivity index (χ1v) is 5.52. The van der Waals surface area contributed by atoms with Crippen molar-refractivity contribution in [2.75, 3.05) is 0 Å². The summed E-state index contributed by atoms with van der Waals surface area (Å²) >= 11 is 0. The number of aromatic nitrogens is 2. The summed E-state index contributed by atoms with van der Waals surface area (Å²) < 4.78 is 0. The molecular formula is C14H12N2O. The second-order valence-electron chi connectivity index (χ2n) is 4.26. The van der Waals surface area contributed by atoms with Crippen LogP contribution in [0.2, 0.25) is 0 Å². The van der Waals surface area contributed by atoms with E-state index in [4.69, 9.17) is 0 Å². The number of phenolic OH excluding ortho intramolecular Hbond substituents is 1. The SMILES string of the molecule is Cc1ccc2c(cc(O)c3nc(C)ccc32)n1. The Hall–Kier alpha value is -2.16. The highest BCUT2D eigenvalue weighted by Gasteiger charge is 2.08. The molecule has 1 aromatic carbocycles. The Morgan fingerprint density at radius 1 is 0.882 bits per heavy atom. The van der Waals surface area contributed by atoms with E-state index in [0.29, 0.717) is 5.52 Å². The Kier molecular flexibility index (Phi) is 2.01. The predicted octanol–water partition coefficient (Wildman–Crippen LogP) is 3.11. The topological polar surface area (TPSA) is 46.0 Å². The molecule has 3 nitrogen and oxygen atoms in total. The second kappa shape index (κ2) is 3.42. The standard InChI is InChI=1S/C14H12N2O/c1-8-3-5-10-11-6-4-9(2)16-14(11)13(17)7-12(10)15-8/h3-7,17H,1-2H3. The largest absolute Gasteiger partial charge is 0.506 e. The lowest BCUT2D eigenvalue weighted by Gasteiger charge is -2.06. The Morgan fingerprint density at radius 2 is 1.53 bits per heavy atom. The minimum Gasteiger partial charge on any atom is -0.506 e. The Labute approximate surface area is 98.8 Å². The predicted molar refractivity (Wildman–Crippen MR) is 68.2 cm³/mol. The van der Waals surface area contributed by atoms with Crippen LogP contribution < -0.4 is 0 Å². The summed E-state index contributed by atoms with van der Waals surface area (Å²) in [5.74, 6) is 0.189. The number of hydrogen-bond donors (Lipinski definition) is 1. The Bertz CT molecular complexity index is 735. The maximum Gasteiger partial charge on any atom is 0.144 e. The van der Waals surface area contributed by atoms with Gasteiger partial charge < -0.3 is 5.11 Å². The van der Waals surface area contributed by atoms with E-state index in [1.54, 1.807) is 6.07 Å². The number of rotatable bonds is 0. The maximum atomic E-state index is 9.98. The molecule has 0 radical (unpaired) electrons. The van der Waals surface area contributed by atoms with Gasteiger partial charge in [-0.15, -0.1) is 0 Å². The molecule has 84 valence electrons. The van der Waals surface area contributed by atoms with Gasteiger partial charge in [0, 0.05) is 28.2 Å². The van der Waals surface area contributed by atoms with E-state index in [1.807, 2.05) is 38.1 Å². The quantitative estimate of drug-likeness (QED) is 0.597. The smallest absolute Gasteiger partial charge is 0.144 e. The summed E-state index contributed by atoms with van der Waals surface area (Å²) in [6.45, 7) is 3.85. The van der Waals surface area contributed by atoms with E-state index in [2.05, 4.69) is 9.97 Å². The molecule has 0 aliphatic carbocycles. The van der Waals surface area contributed by atoms with Crippen LogP contribution in [0.25, 0.3) is 21.8 Å². The van der Waals surface area contributed by atoms with Gasteiger partial charge in [-0.05, 0) is 26.0 Å². The highest BCUT2D eigenvalue weighted by molar-refractivity contribution is 6.07. The monoisotopic (exact) mass is 224 g/mol. The number of aryl methyl sites for hydroxylation is 2. The summed E-state index contributed by atoms with van der Waals surface area (Å²) in [6.07, 6.45) is 0. The van der Waals surface area contributed by atoms with Crippen LogP contribution in [0.1, 0.15) is 11.4 Å². The van der Waals surface area contributed by atoms with E-state index < -0.39 is 0 Å². The van der Waals surface area contributed by atoms with Crippen LogP contribution in [0.5, 0.6) is 5.75 Å². The molecule has 0 saturated carbocycles. The molecule has 3 rings (SSSR count). The van der Waals surface area contributed by atoms with E-state index in [9.17, 15) is 5.11 Å². The molecular weight excluding hydrogens is 212 g/mol. The number of benzene rings is 1. The molecule has 0 amide bonds. The fraction of sp³-hybridized carbons (Fsp3) is 0.143. The van der Waals surface area contributed by atoms with Gasteiger partial charge >= 0.3 is 0 Å². The third-order valence-electron chi connectivity index (χ3n) is 2.90. The summed E-state index contributed by atoms with van der Waals surface area (Å²) in [7, 11) is 0. The average Bonchev–Trinajstić information content (AvgIpc) is 2.29. The average molecular weight is 224 g/mol. The van der Waals surface area contributed by atoms with Gasteiger partial charge in [-0.2, -0.15) is 0 Å². The van der Waals surface area contributed by atoms with Gasteiger partial charge in [-0.25, -0.2) is 4.98 Å². The molecule has 0 unspecified atom stereocenters. The zero-order chi connectivity index (χ0) is 12.0. The van der Waals surface area contributed by atoms with Gasteiger partial charge in [0.15, 0.2) is 0 Å². The maximum absolute atomic E-state index is 9.98. The van der Waals surface area contributed by atoms with Gasteiger partial charge in [0.05, 0.1) is 5.52 Å². The summed E-state index contributed by atoms with van der Waals surface area (Å²) in [4.78, 5) is 8.79. The van der Waals surface area contributed by atoms with Crippen LogP contribution in [-0.2, 0) is 0 Å². The highest BCUT2D eigenvalue weighted by Crippen LogP contribution is 2.30. The van der Waals surface area contributed by atoms with Crippen molar-refractivity contribution in [1.82, 2.24) is 9.97 Å². The number of phenols is 1. The van der Waals surface area contributed by atoms with E-state index in [-0.39, 0.29) is 5.75 Å².